The van der Waals surface area contributed by atoms with Gasteiger partial charge in [-0.05, 0) is 57.7 Å². The van der Waals surface area contributed by atoms with E-state index in [4.69, 9.17) is 16.9 Å². The lowest BCUT2D eigenvalue weighted by atomic mass is 10.1. The Morgan fingerprint density at radius 1 is 1.42 bits per heavy atom. The lowest BCUT2D eigenvalue weighted by Gasteiger charge is -2.13. The van der Waals surface area contributed by atoms with Gasteiger partial charge in [-0.2, -0.15) is 5.26 Å². The summed E-state index contributed by atoms with van der Waals surface area (Å²) in [6.07, 6.45) is 2.60. The molecular formula is C19H19ClFN2O. The lowest BCUT2D eigenvalue weighted by molar-refractivity contribution is 0.101. The molecule has 2 rings (SSSR count). The third-order valence-corrected chi connectivity index (χ3v) is 4.45. The number of nitrogens with zero attached hydrogens (tertiary/aromatic N) is 2. The van der Waals surface area contributed by atoms with Gasteiger partial charge in [-0.25, -0.2) is 4.39 Å². The second-order valence-electron chi connectivity index (χ2n) is 5.75. The zero-order valence-electron chi connectivity index (χ0n) is 13.8. The number of hydrogen-bond donors (Lipinski definition) is 0. The Kier molecular flexibility index (Phi) is 5.80. The molecule has 3 nitrogen and oxygen atoms in total. The number of nitriles is 1. The van der Waals surface area contributed by atoms with Crippen molar-refractivity contribution >= 4 is 17.4 Å². The van der Waals surface area contributed by atoms with E-state index >= 15 is 0 Å². The molecule has 1 heterocycles. The highest BCUT2D eigenvalue weighted by atomic mass is 35.5. The van der Waals surface area contributed by atoms with E-state index in [0.717, 1.165) is 18.5 Å². The molecule has 0 aliphatic carbocycles. The summed E-state index contributed by atoms with van der Waals surface area (Å²) in [7, 11) is 0. The number of carbonyl (C=O) groups is 1. The predicted molar refractivity (Wildman–Crippen MR) is 93.1 cm³/mol. The van der Waals surface area contributed by atoms with Gasteiger partial charge in [0, 0.05) is 23.5 Å². The molecule has 1 radical (unpaired) electrons. The maximum atomic E-state index is 13.9. The number of rotatable bonds is 6. The molecule has 1 aromatic heterocycles. The van der Waals surface area contributed by atoms with Crippen molar-refractivity contribution in [3.05, 3.63) is 58.5 Å². The van der Waals surface area contributed by atoms with E-state index in [1.54, 1.807) is 19.1 Å². The molecular weight excluding hydrogens is 327 g/mol. The van der Waals surface area contributed by atoms with E-state index in [0.29, 0.717) is 40.4 Å². The standard InChI is InChI=1S/C19H19ClFN2O/c1-12-8-9-15(11-16(12)21)23-13(2)18(14(3)24)19(20)17(23)7-5-4-6-10-22/h8-9,11H,1,4-7H2,2-3H3. The summed E-state index contributed by atoms with van der Waals surface area (Å²) in [5.41, 5.74) is 2.86. The van der Waals surface area contributed by atoms with Gasteiger partial charge in [-0.1, -0.05) is 17.7 Å². The summed E-state index contributed by atoms with van der Waals surface area (Å²) in [6, 6.07) is 6.87. The fourth-order valence-corrected chi connectivity index (χ4v) is 3.32. The molecule has 2 aromatic rings. The van der Waals surface area contributed by atoms with E-state index in [-0.39, 0.29) is 5.78 Å². The van der Waals surface area contributed by atoms with Crippen LogP contribution in [0, 0.1) is 31.0 Å². The minimum absolute atomic E-state index is 0.122. The highest BCUT2D eigenvalue weighted by Crippen LogP contribution is 2.32. The maximum absolute atomic E-state index is 13.9. The molecule has 24 heavy (non-hydrogen) atoms. The fraction of sp³-hybridized carbons (Fsp3) is 0.316. The Morgan fingerprint density at radius 2 is 2.12 bits per heavy atom. The minimum Gasteiger partial charge on any atom is -0.316 e. The van der Waals surface area contributed by atoms with Crippen molar-refractivity contribution in [2.45, 2.75) is 39.5 Å². The van der Waals surface area contributed by atoms with Crippen LogP contribution < -0.4 is 0 Å². The minimum atomic E-state index is -0.406. The third-order valence-electron chi connectivity index (χ3n) is 4.04. The predicted octanol–water partition coefficient (Wildman–Crippen LogP) is 5.20. The van der Waals surface area contributed by atoms with Crippen LogP contribution in [0.5, 0.6) is 0 Å². The zero-order chi connectivity index (χ0) is 17.9. The molecule has 125 valence electrons. The Morgan fingerprint density at radius 3 is 2.71 bits per heavy atom. The van der Waals surface area contributed by atoms with Crippen LogP contribution in [0.3, 0.4) is 0 Å². The van der Waals surface area contributed by atoms with Gasteiger partial charge in [-0.15, -0.1) is 0 Å². The van der Waals surface area contributed by atoms with Gasteiger partial charge >= 0.3 is 0 Å². The summed E-state index contributed by atoms with van der Waals surface area (Å²) in [6.45, 7) is 6.90. The van der Waals surface area contributed by atoms with Crippen LogP contribution in [0.4, 0.5) is 4.39 Å². The van der Waals surface area contributed by atoms with E-state index in [1.807, 2.05) is 4.57 Å². The number of Topliss-reactive ketones (excluding diaryl/α,β-unsaturated/α-hetero) is 1. The first-order chi connectivity index (χ1) is 11.4. The second kappa shape index (κ2) is 7.63. The van der Waals surface area contributed by atoms with Crippen LogP contribution in [-0.2, 0) is 6.42 Å². The average Bonchev–Trinajstić information content (AvgIpc) is 2.77. The van der Waals surface area contributed by atoms with Crippen molar-refractivity contribution in [2.75, 3.05) is 0 Å². The third kappa shape index (κ3) is 3.52. The van der Waals surface area contributed by atoms with Crippen molar-refractivity contribution < 1.29 is 9.18 Å². The van der Waals surface area contributed by atoms with Crippen LogP contribution >= 0.6 is 11.6 Å². The monoisotopic (exact) mass is 345 g/mol. The summed E-state index contributed by atoms with van der Waals surface area (Å²) in [4.78, 5) is 12.0. The van der Waals surface area contributed by atoms with E-state index in [1.165, 1.54) is 13.0 Å². The molecule has 5 heteroatoms. The summed E-state index contributed by atoms with van der Waals surface area (Å²) >= 11 is 6.45. The van der Waals surface area contributed by atoms with Crippen molar-refractivity contribution in [3.8, 4) is 11.8 Å². The summed E-state index contributed by atoms with van der Waals surface area (Å²) in [5, 5.41) is 9.07. The summed E-state index contributed by atoms with van der Waals surface area (Å²) in [5.74, 6) is -0.527. The lowest BCUT2D eigenvalue weighted by Crippen LogP contribution is -2.04. The van der Waals surface area contributed by atoms with Crippen LogP contribution in [-0.4, -0.2) is 10.4 Å². The molecule has 0 spiro atoms. The number of ketones is 1. The van der Waals surface area contributed by atoms with Gasteiger partial charge in [0.15, 0.2) is 5.78 Å². The van der Waals surface area contributed by atoms with Gasteiger partial charge in [0.05, 0.1) is 16.7 Å². The quantitative estimate of drug-likeness (QED) is 0.533. The normalized spacial score (nSPS) is 10.7. The number of aromatic nitrogens is 1. The maximum Gasteiger partial charge on any atom is 0.163 e. The number of carbonyl (C=O) groups excluding carboxylic acids is 1. The first-order valence-corrected chi connectivity index (χ1v) is 8.15. The van der Waals surface area contributed by atoms with Gasteiger partial charge < -0.3 is 4.57 Å². The molecule has 0 aliphatic rings. The molecule has 0 fully saturated rings. The van der Waals surface area contributed by atoms with Crippen molar-refractivity contribution in [1.29, 1.82) is 5.26 Å². The van der Waals surface area contributed by atoms with Gasteiger partial charge in [0.25, 0.3) is 0 Å². The molecule has 0 atom stereocenters. The Labute approximate surface area is 146 Å². The highest BCUT2D eigenvalue weighted by molar-refractivity contribution is 6.35. The molecule has 0 saturated carbocycles. The Balaban J connectivity index is 2.55. The molecule has 0 N–H and O–H groups in total. The molecule has 1 aromatic carbocycles. The van der Waals surface area contributed by atoms with Gasteiger partial charge in [0.1, 0.15) is 5.82 Å². The second-order valence-corrected chi connectivity index (χ2v) is 6.13. The average molecular weight is 346 g/mol. The Hall–Kier alpha value is -2.12. The zero-order valence-corrected chi connectivity index (χ0v) is 14.6. The number of unbranched alkanes of at least 4 members (excludes halogenated alkanes) is 2. The summed E-state index contributed by atoms with van der Waals surface area (Å²) < 4.78 is 15.8. The fourth-order valence-electron chi connectivity index (χ4n) is 2.87. The van der Waals surface area contributed by atoms with Crippen molar-refractivity contribution in [3.63, 3.8) is 0 Å². The van der Waals surface area contributed by atoms with Gasteiger partial charge in [0.2, 0.25) is 0 Å². The number of hydrogen-bond acceptors (Lipinski definition) is 2. The molecule has 0 aliphatic heterocycles. The number of halogens is 2. The smallest absolute Gasteiger partial charge is 0.163 e. The van der Waals surface area contributed by atoms with E-state index < -0.39 is 5.82 Å². The Bertz CT molecular complexity index is 818. The first-order valence-electron chi connectivity index (χ1n) is 7.78. The van der Waals surface area contributed by atoms with Crippen LogP contribution in [0.1, 0.15) is 53.5 Å². The van der Waals surface area contributed by atoms with Crippen molar-refractivity contribution in [2.24, 2.45) is 0 Å². The largest absolute Gasteiger partial charge is 0.316 e. The highest BCUT2D eigenvalue weighted by Gasteiger charge is 2.22. The molecule has 0 saturated heterocycles. The SMILES string of the molecule is [CH2]c1ccc(-n2c(C)c(C(C)=O)c(Cl)c2CCCCC#N)cc1F. The molecule has 0 amide bonds. The number of benzene rings is 1. The van der Waals surface area contributed by atoms with E-state index in [2.05, 4.69) is 13.0 Å². The molecule has 0 unspecified atom stereocenters. The first kappa shape index (κ1) is 18.2. The van der Waals surface area contributed by atoms with Crippen LogP contribution in [0.15, 0.2) is 18.2 Å². The van der Waals surface area contributed by atoms with Gasteiger partial charge in [-0.3, -0.25) is 4.79 Å². The van der Waals surface area contributed by atoms with E-state index in [9.17, 15) is 9.18 Å². The van der Waals surface area contributed by atoms with Crippen LogP contribution in [0.2, 0.25) is 5.02 Å². The van der Waals surface area contributed by atoms with Crippen LogP contribution in [0.25, 0.3) is 5.69 Å². The van der Waals surface area contributed by atoms with Crippen molar-refractivity contribution in [1.82, 2.24) is 4.57 Å². The topological polar surface area (TPSA) is 45.8 Å². The molecule has 0 bridgehead atoms.